The van der Waals surface area contributed by atoms with E-state index in [1.807, 2.05) is 23.4 Å². The van der Waals surface area contributed by atoms with Crippen LogP contribution in [0, 0.1) is 6.92 Å². The fourth-order valence-corrected chi connectivity index (χ4v) is 3.46. The smallest absolute Gasteiger partial charge is 0.148 e. The number of rotatable bonds is 4. The standard InChI is InChI=1S/C12H22N4S/c1-4-16-12(11(13)8(2)15-16)14-9-6-5-7-10(9)17-3/h9-10,14H,4-7,13H2,1-3H3. The molecule has 1 aliphatic carbocycles. The van der Waals surface area contributed by atoms with Gasteiger partial charge in [0.2, 0.25) is 0 Å². The van der Waals surface area contributed by atoms with E-state index in [-0.39, 0.29) is 0 Å². The Kier molecular flexibility index (Phi) is 3.86. The van der Waals surface area contributed by atoms with Crippen molar-refractivity contribution >= 4 is 23.3 Å². The quantitative estimate of drug-likeness (QED) is 0.867. The Morgan fingerprint density at radius 2 is 2.29 bits per heavy atom. The SMILES string of the molecule is CCn1nc(C)c(N)c1NC1CCCC1SC. The predicted molar refractivity (Wildman–Crippen MR) is 75.6 cm³/mol. The summed E-state index contributed by atoms with van der Waals surface area (Å²) in [5, 5.41) is 8.75. The van der Waals surface area contributed by atoms with Gasteiger partial charge in [-0.3, -0.25) is 0 Å². The molecular weight excluding hydrogens is 232 g/mol. The topological polar surface area (TPSA) is 55.9 Å². The maximum atomic E-state index is 6.09. The Labute approximate surface area is 107 Å². The van der Waals surface area contributed by atoms with Crippen molar-refractivity contribution < 1.29 is 0 Å². The highest BCUT2D eigenvalue weighted by Gasteiger charge is 2.28. The number of hydrogen-bond donors (Lipinski definition) is 2. The van der Waals surface area contributed by atoms with Crippen molar-refractivity contribution in [1.82, 2.24) is 9.78 Å². The third-order valence-electron chi connectivity index (χ3n) is 3.55. The van der Waals surface area contributed by atoms with Crippen LogP contribution >= 0.6 is 11.8 Å². The van der Waals surface area contributed by atoms with Crippen molar-refractivity contribution in [2.45, 2.75) is 50.9 Å². The van der Waals surface area contributed by atoms with Crippen molar-refractivity contribution in [3.05, 3.63) is 5.69 Å². The minimum absolute atomic E-state index is 0.536. The Morgan fingerprint density at radius 3 is 2.94 bits per heavy atom. The van der Waals surface area contributed by atoms with Crippen LogP contribution in [-0.4, -0.2) is 27.3 Å². The maximum Gasteiger partial charge on any atom is 0.148 e. The molecule has 0 radical (unpaired) electrons. The molecular formula is C12H22N4S. The first-order valence-electron chi connectivity index (χ1n) is 6.29. The Hall–Kier alpha value is -0.840. The van der Waals surface area contributed by atoms with Gasteiger partial charge in [0.15, 0.2) is 0 Å². The van der Waals surface area contributed by atoms with Gasteiger partial charge < -0.3 is 11.1 Å². The zero-order valence-electron chi connectivity index (χ0n) is 10.9. The lowest BCUT2D eigenvalue weighted by molar-refractivity contribution is 0.645. The summed E-state index contributed by atoms with van der Waals surface area (Å²) in [4.78, 5) is 0. The zero-order chi connectivity index (χ0) is 12.4. The first kappa shape index (κ1) is 12.6. The minimum Gasteiger partial charge on any atom is -0.394 e. The van der Waals surface area contributed by atoms with Crippen molar-refractivity contribution in [2.75, 3.05) is 17.3 Å². The van der Waals surface area contributed by atoms with Gasteiger partial charge in [-0.15, -0.1) is 0 Å². The average Bonchev–Trinajstić information content (AvgIpc) is 2.88. The molecule has 0 saturated heterocycles. The number of thioether (sulfide) groups is 1. The van der Waals surface area contributed by atoms with E-state index >= 15 is 0 Å². The fourth-order valence-electron chi connectivity index (χ4n) is 2.53. The van der Waals surface area contributed by atoms with Crippen molar-refractivity contribution in [3.63, 3.8) is 0 Å². The molecule has 3 N–H and O–H groups in total. The fraction of sp³-hybridized carbons (Fsp3) is 0.750. The molecule has 0 spiro atoms. The van der Waals surface area contributed by atoms with Crippen LogP contribution in [0.2, 0.25) is 0 Å². The molecule has 17 heavy (non-hydrogen) atoms. The molecule has 2 atom stereocenters. The highest BCUT2D eigenvalue weighted by atomic mass is 32.2. The summed E-state index contributed by atoms with van der Waals surface area (Å²) in [5.74, 6) is 1.01. The largest absolute Gasteiger partial charge is 0.394 e. The molecule has 96 valence electrons. The Morgan fingerprint density at radius 1 is 1.53 bits per heavy atom. The first-order valence-corrected chi connectivity index (χ1v) is 7.58. The highest BCUT2D eigenvalue weighted by Crippen LogP contribution is 2.32. The second-order valence-corrected chi connectivity index (χ2v) is 5.70. The van der Waals surface area contributed by atoms with Gasteiger partial charge in [0.1, 0.15) is 5.82 Å². The van der Waals surface area contributed by atoms with Crippen LogP contribution < -0.4 is 11.1 Å². The summed E-state index contributed by atoms with van der Waals surface area (Å²) >= 11 is 1.95. The highest BCUT2D eigenvalue weighted by molar-refractivity contribution is 7.99. The van der Waals surface area contributed by atoms with Crippen molar-refractivity contribution in [1.29, 1.82) is 0 Å². The van der Waals surface area contributed by atoms with E-state index in [0.29, 0.717) is 11.3 Å². The third-order valence-corrected chi connectivity index (χ3v) is 4.72. The normalized spacial score (nSPS) is 24.2. The summed E-state index contributed by atoms with van der Waals surface area (Å²) in [6, 6.07) is 0.536. The van der Waals surface area contributed by atoms with Crippen molar-refractivity contribution in [2.24, 2.45) is 0 Å². The zero-order valence-corrected chi connectivity index (χ0v) is 11.7. The molecule has 5 heteroatoms. The molecule has 0 aromatic carbocycles. The molecule has 2 unspecified atom stereocenters. The van der Waals surface area contributed by atoms with E-state index in [1.165, 1.54) is 19.3 Å². The molecule has 0 aliphatic heterocycles. The predicted octanol–water partition coefficient (Wildman–Crippen LogP) is 2.49. The van der Waals surface area contributed by atoms with Crippen LogP contribution in [0.25, 0.3) is 0 Å². The Bertz CT molecular complexity index is 388. The van der Waals surface area contributed by atoms with Gasteiger partial charge in [-0.25, -0.2) is 4.68 Å². The minimum atomic E-state index is 0.536. The molecule has 0 bridgehead atoms. The number of nitrogens with one attached hydrogen (secondary N) is 1. The van der Waals surface area contributed by atoms with E-state index in [4.69, 9.17) is 5.73 Å². The van der Waals surface area contributed by atoms with Gasteiger partial charge >= 0.3 is 0 Å². The van der Waals surface area contributed by atoms with E-state index in [9.17, 15) is 0 Å². The van der Waals surface area contributed by atoms with Gasteiger partial charge in [-0.05, 0) is 32.9 Å². The van der Waals surface area contributed by atoms with E-state index in [0.717, 1.165) is 23.7 Å². The monoisotopic (exact) mass is 254 g/mol. The summed E-state index contributed by atoms with van der Waals surface area (Å²) in [5.41, 5.74) is 7.82. The molecule has 4 nitrogen and oxygen atoms in total. The summed E-state index contributed by atoms with van der Waals surface area (Å²) < 4.78 is 1.97. The number of nitrogen functional groups attached to an aromatic ring is 1. The van der Waals surface area contributed by atoms with E-state index in [2.05, 4.69) is 23.6 Å². The average molecular weight is 254 g/mol. The number of aromatic nitrogens is 2. The molecule has 1 aliphatic rings. The molecule has 1 aromatic rings. The van der Waals surface area contributed by atoms with Gasteiger partial charge in [-0.1, -0.05) is 6.42 Å². The lowest BCUT2D eigenvalue weighted by Crippen LogP contribution is -2.27. The maximum absolute atomic E-state index is 6.09. The first-order chi connectivity index (χ1) is 8.17. The number of nitrogens with zero attached hydrogens (tertiary/aromatic N) is 2. The van der Waals surface area contributed by atoms with Crippen LogP contribution in [-0.2, 0) is 6.54 Å². The van der Waals surface area contributed by atoms with E-state index < -0.39 is 0 Å². The number of hydrogen-bond acceptors (Lipinski definition) is 4. The van der Waals surface area contributed by atoms with Crippen molar-refractivity contribution in [3.8, 4) is 0 Å². The van der Waals surface area contributed by atoms with Crippen LogP contribution in [0.15, 0.2) is 0 Å². The third kappa shape index (κ3) is 2.39. The van der Waals surface area contributed by atoms with Crippen LogP contribution in [0.4, 0.5) is 11.5 Å². The van der Waals surface area contributed by atoms with Gasteiger partial charge in [-0.2, -0.15) is 16.9 Å². The molecule has 0 amide bonds. The Balaban J connectivity index is 2.17. The van der Waals surface area contributed by atoms with Gasteiger partial charge in [0, 0.05) is 17.8 Å². The summed E-state index contributed by atoms with van der Waals surface area (Å²) in [7, 11) is 0. The number of anilines is 2. The number of nitrogens with two attached hydrogens (primary N) is 1. The summed E-state index contributed by atoms with van der Waals surface area (Å²) in [6.45, 7) is 4.92. The second kappa shape index (κ2) is 5.21. The number of aryl methyl sites for hydroxylation is 2. The second-order valence-electron chi connectivity index (χ2n) is 4.62. The van der Waals surface area contributed by atoms with Crippen LogP contribution in [0.5, 0.6) is 0 Å². The van der Waals surface area contributed by atoms with Gasteiger partial charge in [0.05, 0.1) is 11.4 Å². The molecule has 1 heterocycles. The lowest BCUT2D eigenvalue weighted by Gasteiger charge is -2.21. The molecule has 1 fully saturated rings. The van der Waals surface area contributed by atoms with E-state index in [1.54, 1.807) is 0 Å². The molecule has 2 rings (SSSR count). The lowest BCUT2D eigenvalue weighted by atomic mass is 10.2. The molecule has 1 aromatic heterocycles. The van der Waals surface area contributed by atoms with Crippen LogP contribution in [0.1, 0.15) is 31.9 Å². The van der Waals surface area contributed by atoms with Crippen LogP contribution in [0.3, 0.4) is 0 Å². The van der Waals surface area contributed by atoms with Gasteiger partial charge in [0.25, 0.3) is 0 Å². The summed E-state index contributed by atoms with van der Waals surface area (Å²) in [6.07, 6.45) is 6.04. The molecule has 1 saturated carbocycles.